The molecule has 4 aliphatic rings. The maximum atomic E-state index is 15.0. The summed E-state index contributed by atoms with van der Waals surface area (Å²) in [7, 11) is 1.52. The van der Waals surface area contributed by atoms with Gasteiger partial charge in [0.25, 0.3) is 5.91 Å². The Kier molecular flexibility index (Phi) is 8.67. The molecule has 0 unspecified atom stereocenters. The molecule has 4 aromatic rings. The number of carbonyl (C=O) groups is 1. The number of amides is 1. The highest BCUT2D eigenvalue weighted by Gasteiger charge is 2.52. The molecule has 1 aliphatic heterocycles. The van der Waals surface area contributed by atoms with Gasteiger partial charge in [-0.05, 0) is 79.8 Å². The van der Waals surface area contributed by atoms with Crippen molar-refractivity contribution in [2.75, 3.05) is 44.7 Å². The van der Waals surface area contributed by atoms with Crippen LogP contribution in [0.25, 0.3) is 11.5 Å². The van der Waals surface area contributed by atoms with Gasteiger partial charge < -0.3 is 29.5 Å². The second kappa shape index (κ2) is 13.1. The number of hydrogen-bond acceptors (Lipinski definition) is 10. The molecule has 3 heterocycles. The van der Waals surface area contributed by atoms with E-state index in [0.29, 0.717) is 34.8 Å². The molecule has 3 saturated carbocycles. The lowest BCUT2D eigenvalue weighted by Crippen LogP contribution is -2.49. The molecule has 2 aromatic heterocycles. The van der Waals surface area contributed by atoms with Crippen LogP contribution in [0.5, 0.6) is 11.5 Å². The van der Waals surface area contributed by atoms with E-state index in [1.165, 1.54) is 7.11 Å². The first-order chi connectivity index (χ1) is 23.3. The van der Waals surface area contributed by atoms with Crippen LogP contribution in [0.2, 0.25) is 0 Å². The van der Waals surface area contributed by atoms with Crippen LogP contribution in [0, 0.1) is 22.9 Å². The predicted octanol–water partition coefficient (Wildman–Crippen LogP) is 4.96. The van der Waals surface area contributed by atoms with Crippen molar-refractivity contribution in [3.05, 3.63) is 76.9 Å². The van der Waals surface area contributed by atoms with Crippen molar-refractivity contribution in [3.63, 3.8) is 0 Å². The second-order valence-corrected chi connectivity index (χ2v) is 12.9. The third kappa shape index (κ3) is 6.16. The number of ether oxygens (including phenoxy) is 2. The van der Waals surface area contributed by atoms with Crippen molar-refractivity contribution < 1.29 is 32.0 Å². The normalized spacial score (nSPS) is 22.0. The molecule has 14 heteroatoms. The minimum absolute atomic E-state index is 0.198. The monoisotopic (exact) mass is 663 g/mol. The smallest absolute Gasteiger partial charge is 0.254 e. The van der Waals surface area contributed by atoms with E-state index in [1.807, 2.05) is 12.1 Å². The van der Waals surface area contributed by atoms with E-state index in [0.717, 1.165) is 70.5 Å². The van der Waals surface area contributed by atoms with Gasteiger partial charge >= 0.3 is 0 Å². The van der Waals surface area contributed by atoms with Crippen LogP contribution in [0.15, 0.2) is 47.0 Å². The van der Waals surface area contributed by atoms with Crippen LogP contribution >= 0.6 is 0 Å². The molecule has 11 nitrogen and oxygen atoms in total. The first kappa shape index (κ1) is 31.9. The van der Waals surface area contributed by atoms with Crippen LogP contribution in [0.3, 0.4) is 0 Å². The minimum Gasteiger partial charge on any atom is -0.497 e. The van der Waals surface area contributed by atoms with E-state index in [2.05, 4.69) is 30.9 Å². The van der Waals surface area contributed by atoms with Gasteiger partial charge in [0.05, 0.1) is 12.7 Å². The van der Waals surface area contributed by atoms with Crippen molar-refractivity contribution in [3.8, 4) is 23.0 Å². The van der Waals surface area contributed by atoms with Crippen LogP contribution in [-0.4, -0.2) is 66.1 Å². The summed E-state index contributed by atoms with van der Waals surface area (Å²) in [6, 6.07) is 11.1. The van der Waals surface area contributed by atoms with Gasteiger partial charge in [0, 0.05) is 38.1 Å². The van der Waals surface area contributed by atoms with Gasteiger partial charge in [0.1, 0.15) is 18.1 Å². The first-order valence-corrected chi connectivity index (χ1v) is 16.1. The highest BCUT2D eigenvalue weighted by Crippen LogP contribution is 2.57. The maximum Gasteiger partial charge on any atom is 0.254 e. The molecule has 48 heavy (non-hydrogen) atoms. The fraction of sp³-hybridized carbons (Fsp3) is 0.441. The van der Waals surface area contributed by atoms with Gasteiger partial charge in [-0.15, -0.1) is 10.2 Å². The molecule has 2 aromatic carbocycles. The molecule has 8 rings (SSSR count). The Morgan fingerprint density at radius 1 is 0.979 bits per heavy atom. The zero-order chi connectivity index (χ0) is 33.3. The van der Waals surface area contributed by atoms with Gasteiger partial charge in [-0.2, -0.15) is 9.37 Å². The molecule has 1 amide bonds. The SMILES string of the molecule is COc1ccc(COc2c(F)cc(C(=O)NCC34CCC(c5nc(-c6ccc(N7CCNCC7)nn6)no5)(CC3)CC4)c(F)c2F)cc1. The Bertz CT molecular complexity index is 1750. The number of halogens is 3. The Labute approximate surface area is 275 Å². The zero-order valence-electron chi connectivity index (χ0n) is 26.5. The molecule has 2 N–H and O–H groups in total. The maximum absolute atomic E-state index is 15.0. The average molecular weight is 664 g/mol. The number of anilines is 1. The summed E-state index contributed by atoms with van der Waals surface area (Å²) >= 11 is 0. The average Bonchev–Trinajstić information content (AvgIpc) is 3.65. The molecule has 3 aliphatic carbocycles. The first-order valence-electron chi connectivity index (χ1n) is 16.1. The number of nitrogens with one attached hydrogen (secondary N) is 2. The third-order valence-electron chi connectivity index (χ3n) is 10.1. The number of methoxy groups -OCH3 is 1. The summed E-state index contributed by atoms with van der Waals surface area (Å²) in [5, 5.41) is 19.0. The number of piperazine rings is 1. The number of hydrogen-bond donors (Lipinski definition) is 2. The molecule has 0 spiro atoms. The van der Waals surface area contributed by atoms with Crippen molar-refractivity contribution in [1.82, 2.24) is 31.0 Å². The van der Waals surface area contributed by atoms with E-state index in [1.54, 1.807) is 24.3 Å². The summed E-state index contributed by atoms with van der Waals surface area (Å²) in [5.74, 6) is -3.53. The highest BCUT2D eigenvalue weighted by atomic mass is 19.2. The summed E-state index contributed by atoms with van der Waals surface area (Å²) in [4.78, 5) is 19.9. The van der Waals surface area contributed by atoms with E-state index in [4.69, 9.17) is 19.0 Å². The topological polar surface area (TPSA) is 128 Å². The van der Waals surface area contributed by atoms with Crippen LogP contribution in [0.1, 0.15) is 60.3 Å². The molecule has 1 saturated heterocycles. The van der Waals surface area contributed by atoms with Crippen LogP contribution < -0.4 is 25.0 Å². The highest BCUT2D eigenvalue weighted by molar-refractivity contribution is 5.94. The van der Waals surface area contributed by atoms with Gasteiger partial charge in [0.15, 0.2) is 23.2 Å². The van der Waals surface area contributed by atoms with Crippen molar-refractivity contribution in [2.24, 2.45) is 5.41 Å². The standard InChI is InChI=1S/C34H36F3N7O4/c1-46-22-4-2-21(3-5-22)19-47-29-24(35)18-23(27(36)28(29)37)31(45)39-20-33-8-11-34(12-9-33,13-10-33)32-40-30(43-48-32)25-6-7-26(42-41-25)44-16-14-38-15-17-44/h2-7,18,38H,8-17,19-20H2,1H3,(H,39,45). The number of fused-ring (bicyclic) bond motifs is 3. The number of rotatable bonds is 10. The molecule has 0 atom stereocenters. The number of benzene rings is 2. The zero-order valence-corrected chi connectivity index (χ0v) is 26.5. The Morgan fingerprint density at radius 2 is 1.71 bits per heavy atom. The number of carbonyl (C=O) groups excluding carboxylic acids is 1. The third-order valence-corrected chi connectivity index (χ3v) is 10.1. The Morgan fingerprint density at radius 3 is 2.38 bits per heavy atom. The lowest BCUT2D eigenvalue weighted by Gasteiger charge is -2.51. The minimum atomic E-state index is -1.55. The Balaban J connectivity index is 0.953. The lowest BCUT2D eigenvalue weighted by atomic mass is 9.53. The van der Waals surface area contributed by atoms with Crippen LogP contribution in [0.4, 0.5) is 19.0 Å². The van der Waals surface area contributed by atoms with Gasteiger partial charge in [-0.25, -0.2) is 8.78 Å². The molecule has 0 radical (unpaired) electrons. The van der Waals surface area contributed by atoms with Gasteiger partial charge in [-0.3, -0.25) is 4.79 Å². The molecular formula is C34H36F3N7O4. The molecule has 2 bridgehead atoms. The van der Waals surface area contributed by atoms with Crippen molar-refractivity contribution in [2.45, 2.75) is 50.5 Å². The number of nitrogens with zero attached hydrogens (tertiary/aromatic N) is 5. The van der Waals surface area contributed by atoms with E-state index in [-0.39, 0.29) is 24.0 Å². The Hall–Kier alpha value is -4.72. The fourth-order valence-electron chi connectivity index (χ4n) is 7.02. The molecule has 4 fully saturated rings. The quantitative estimate of drug-likeness (QED) is 0.225. The van der Waals surface area contributed by atoms with Crippen LogP contribution in [-0.2, 0) is 12.0 Å². The summed E-state index contributed by atoms with van der Waals surface area (Å²) < 4.78 is 60.8. The van der Waals surface area contributed by atoms with Gasteiger partial charge in [0.2, 0.25) is 17.5 Å². The van der Waals surface area contributed by atoms with E-state index in [9.17, 15) is 13.6 Å². The summed E-state index contributed by atoms with van der Waals surface area (Å²) in [6.45, 7) is 3.61. The predicted molar refractivity (Wildman–Crippen MR) is 168 cm³/mol. The van der Waals surface area contributed by atoms with Crippen molar-refractivity contribution in [1.29, 1.82) is 0 Å². The second-order valence-electron chi connectivity index (χ2n) is 12.9. The summed E-state index contributed by atoms with van der Waals surface area (Å²) in [5.41, 5.74) is -0.0568. The number of aromatic nitrogens is 4. The largest absolute Gasteiger partial charge is 0.497 e. The van der Waals surface area contributed by atoms with Crippen molar-refractivity contribution >= 4 is 11.7 Å². The summed E-state index contributed by atoms with van der Waals surface area (Å²) in [6.07, 6.45) is 4.64. The molecular weight excluding hydrogens is 627 g/mol. The van der Waals surface area contributed by atoms with E-state index >= 15 is 4.39 Å². The van der Waals surface area contributed by atoms with E-state index < -0.39 is 34.7 Å². The lowest BCUT2D eigenvalue weighted by molar-refractivity contribution is 0.0228. The molecule has 252 valence electrons. The van der Waals surface area contributed by atoms with Gasteiger partial charge in [-0.1, -0.05) is 17.3 Å². The fourth-order valence-corrected chi connectivity index (χ4v) is 7.02.